The van der Waals surface area contributed by atoms with Gasteiger partial charge in [0.2, 0.25) is 0 Å². The van der Waals surface area contributed by atoms with Crippen LogP contribution in [-0.2, 0) is 4.79 Å². The number of hydrogen-bond donors (Lipinski definition) is 2. The van der Waals surface area contributed by atoms with E-state index in [4.69, 9.17) is 0 Å². The fourth-order valence-corrected chi connectivity index (χ4v) is 3.36. The van der Waals surface area contributed by atoms with Crippen molar-refractivity contribution in [3.63, 3.8) is 0 Å². The van der Waals surface area contributed by atoms with Crippen molar-refractivity contribution in [2.24, 2.45) is 0 Å². The fourth-order valence-electron chi connectivity index (χ4n) is 3.36. The first-order valence-corrected chi connectivity index (χ1v) is 8.54. The van der Waals surface area contributed by atoms with E-state index in [0.29, 0.717) is 5.57 Å². The van der Waals surface area contributed by atoms with Crippen molar-refractivity contribution < 1.29 is 4.79 Å². The number of benzene rings is 2. The average Bonchev–Trinajstić information content (AvgIpc) is 2.96. The lowest BCUT2D eigenvalue weighted by atomic mass is 10.1. The van der Waals surface area contributed by atoms with Crippen molar-refractivity contribution in [1.29, 1.82) is 0 Å². The molecule has 4 nitrogen and oxygen atoms in total. The number of anilines is 3. The molecule has 24 heavy (non-hydrogen) atoms. The number of fused-ring (bicyclic) bond motifs is 1. The number of rotatable bonds is 3. The average molecular weight is 319 g/mol. The van der Waals surface area contributed by atoms with E-state index in [-0.39, 0.29) is 5.91 Å². The van der Waals surface area contributed by atoms with Gasteiger partial charge >= 0.3 is 0 Å². The zero-order valence-corrected chi connectivity index (χ0v) is 13.6. The van der Waals surface area contributed by atoms with E-state index in [0.717, 1.165) is 30.0 Å². The molecule has 0 unspecified atom stereocenters. The summed E-state index contributed by atoms with van der Waals surface area (Å²) in [5.74, 6) is -0.0614. The minimum Gasteiger partial charge on any atom is -0.372 e. The third-order valence-corrected chi connectivity index (χ3v) is 4.68. The molecule has 0 aromatic heterocycles. The Morgan fingerprint density at radius 1 is 0.958 bits per heavy atom. The molecule has 0 bridgehead atoms. The highest BCUT2D eigenvalue weighted by molar-refractivity contribution is 6.31. The number of nitrogens with one attached hydrogen (secondary N) is 2. The van der Waals surface area contributed by atoms with Crippen LogP contribution in [0, 0.1) is 0 Å². The second-order valence-electron chi connectivity index (χ2n) is 6.30. The van der Waals surface area contributed by atoms with Crippen molar-refractivity contribution >= 4 is 28.5 Å². The lowest BCUT2D eigenvalue weighted by Gasteiger charge is -2.28. The van der Waals surface area contributed by atoms with Crippen LogP contribution < -0.4 is 15.5 Å². The summed E-state index contributed by atoms with van der Waals surface area (Å²) in [6, 6.07) is 16.2. The minimum absolute atomic E-state index is 0.0614. The van der Waals surface area contributed by atoms with Crippen LogP contribution in [-0.4, -0.2) is 19.0 Å². The smallest absolute Gasteiger partial charge is 0.257 e. The van der Waals surface area contributed by atoms with Gasteiger partial charge in [0, 0.05) is 41.9 Å². The number of piperidine rings is 1. The van der Waals surface area contributed by atoms with Gasteiger partial charge in [0.15, 0.2) is 0 Å². The second kappa shape index (κ2) is 6.40. The molecule has 4 rings (SSSR count). The van der Waals surface area contributed by atoms with Crippen LogP contribution in [0.3, 0.4) is 0 Å². The van der Waals surface area contributed by atoms with Crippen LogP contribution in [0.15, 0.2) is 54.7 Å². The number of carbonyl (C=O) groups is 1. The number of amides is 1. The summed E-state index contributed by atoms with van der Waals surface area (Å²) in [4.78, 5) is 14.5. The van der Waals surface area contributed by atoms with Crippen LogP contribution in [0.1, 0.15) is 24.8 Å². The number of hydrogen-bond acceptors (Lipinski definition) is 3. The van der Waals surface area contributed by atoms with E-state index >= 15 is 0 Å². The van der Waals surface area contributed by atoms with Gasteiger partial charge in [-0.2, -0.15) is 0 Å². The largest absolute Gasteiger partial charge is 0.372 e. The summed E-state index contributed by atoms with van der Waals surface area (Å²) in [6.45, 7) is 2.29. The molecule has 1 saturated heterocycles. The maximum absolute atomic E-state index is 12.1. The predicted octanol–water partition coefficient (Wildman–Crippen LogP) is 4.08. The highest BCUT2D eigenvalue weighted by Crippen LogP contribution is 2.31. The Kier molecular flexibility index (Phi) is 3.95. The number of para-hydroxylation sites is 1. The van der Waals surface area contributed by atoms with Crippen molar-refractivity contribution in [3.05, 3.63) is 60.3 Å². The summed E-state index contributed by atoms with van der Waals surface area (Å²) in [5.41, 5.74) is 4.75. The molecule has 0 atom stereocenters. The first-order chi connectivity index (χ1) is 11.8. The van der Waals surface area contributed by atoms with Crippen molar-refractivity contribution in [3.8, 4) is 0 Å². The van der Waals surface area contributed by atoms with Gasteiger partial charge in [0.1, 0.15) is 0 Å². The highest BCUT2D eigenvalue weighted by atomic mass is 16.2. The highest BCUT2D eigenvalue weighted by Gasteiger charge is 2.23. The third kappa shape index (κ3) is 2.87. The molecule has 2 N–H and O–H groups in total. The Morgan fingerprint density at radius 3 is 2.50 bits per heavy atom. The molecule has 1 amide bonds. The van der Waals surface area contributed by atoms with Crippen LogP contribution in [0.5, 0.6) is 0 Å². The van der Waals surface area contributed by atoms with E-state index in [1.807, 2.05) is 24.3 Å². The van der Waals surface area contributed by atoms with Gasteiger partial charge in [-0.05, 0) is 49.6 Å². The van der Waals surface area contributed by atoms with Crippen molar-refractivity contribution in [2.75, 3.05) is 28.6 Å². The Morgan fingerprint density at radius 2 is 1.71 bits per heavy atom. The molecule has 4 heteroatoms. The molecule has 2 aromatic rings. The maximum Gasteiger partial charge on any atom is 0.257 e. The maximum atomic E-state index is 12.1. The Balaban J connectivity index is 1.49. The van der Waals surface area contributed by atoms with Crippen LogP contribution >= 0.6 is 0 Å². The van der Waals surface area contributed by atoms with E-state index < -0.39 is 0 Å². The summed E-state index contributed by atoms with van der Waals surface area (Å²) >= 11 is 0. The van der Waals surface area contributed by atoms with Gasteiger partial charge in [-0.1, -0.05) is 18.2 Å². The quantitative estimate of drug-likeness (QED) is 0.838. The summed E-state index contributed by atoms with van der Waals surface area (Å²) in [7, 11) is 0. The molecular weight excluding hydrogens is 298 g/mol. The minimum atomic E-state index is -0.0614. The van der Waals surface area contributed by atoms with Gasteiger partial charge in [-0.25, -0.2) is 0 Å². The third-order valence-electron chi connectivity index (χ3n) is 4.68. The normalized spacial score (nSPS) is 18.4. The number of nitrogens with zero attached hydrogens (tertiary/aromatic N) is 1. The zero-order valence-electron chi connectivity index (χ0n) is 13.6. The van der Waals surface area contributed by atoms with E-state index in [1.165, 1.54) is 24.9 Å². The van der Waals surface area contributed by atoms with Crippen LogP contribution in [0.2, 0.25) is 0 Å². The Bertz CT molecular complexity index is 774. The van der Waals surface area contributed by atoms with Gasteiger partial charge in [0.25, 0.3) is 5.91 Å². The molecule has 2 aliphatic heterocycles. The first kappa shape index (κ1) is 14.8. The summed E-state index contributed by atoms with van der Waals surface area (Å²) < 4.78 is 0. The van der Waals surface area contributed by atoms with E-state index in [1.54, 1.807) is 6.20 Å². The molecule has 0 aliphatic carbocycles. The molecular formula is C20H21N3O. The zero-order chi connectivity index (χ0) is 16.4. The van der Waals surface area contributed by atoms with Gasteiger partial charge in [0.05, 0.1) is 5.57 Å². The van der Waals surface area contributed by atoms with Crippen LogP contribution in [0.4, 0.5) is 17.1 Å². The molecule has 0 radical (unpaired) electrons. The first-order valence-electron chi connectivity index (χ1n) is 8.54. The molecule has 0 spiro atoms. The molecule has 1 fully saturated rings. The van der Waals surface area contributed by atoms with E-state index in [2.05, 4.69) is 39.8 Å². The molecule has 2 aliphatic rings. The molecule has 0 saturated carbocycles. The van der Waals surface area contributed by atoms with Gasteiger partial charge in [-0.3, -0.25) is 4.79 Å². The number of carbonyl (C=O) groups excluding carboxylic acids is 1. The summed E-state index contributed by atoms with van der Waals surface area (Å²) in [5, 5.41) is 6.13. The molecule has 2 heterocycles. The van der Waals surface area contributed by atoms with E-state index in [9.17, 15) is 4.79 Å². The summed E-state index contributed by atoms with van der Waals surface area (Å²) in [6.07, 6.45) is 5.69. The molecule has 122 valence electrons. The lowest BCUT2D eigenvalue weighted by molar-refractivity contribution is -0.110. The van der Waals surface area contributed by atoms with Gasteiger partial charge < -0.3 is 15.5 Å². The Labute approximate surface area is 142 Å². The predicted molar refractivity (Wildman–Crippen MR) is 99.2 cm³/mol. The van der Waals surface area contributed by atoms with Gasteiger partial charge in [-0.15, -0.1) is 0 Å². The van der Waals surface area contributed by atoms with Crippen molar-refractivity contribution in [1.82, 2.24) is 0 Å². The standard InChI is InChI=1S/C20H21N3O/c24-20-18(17-6-2-3-7-19(17)22-20)14-21-15-8-10-16(11-9-15)23-12-4-1-5-13-23/h2-3,6-11,14,21H,1,4-5,12-13H2,(H,22,24)/b18-14+. The topological polar surface area (TPSA) is 44.4 Å². The molecule has 2 aromatic carbocycles. The monoisotopic (exact) mass is 319 g/mol. The van der Waals surface area contributed by atoms with Crippen molar-refractivity contribution in [2.45, 2.75) is 19.3 Å². The van der Waals surface area contributed by atoms with Crippen LogP contribution in [0.25, 0.3) is 5.57 Å². The fraction of sp³-hybridized carbons (Fsp3) is 0.250. The SMILES string of the molecule is O=C1Nc2ccccc2/C1=C\Nc1ccc(N2CCCCC2)cc1. The lowest BCUT2D eigenvalue weighted by Crippen LogP contribution is -2.29. The second-order valence-corrected chi connectivity index (χ2v) is 6.30. The Hall–Kier alpha value is -2.75.